The van der Waals surface area contributed by atoms with E-state index in [1.54, 1.807) is 0 Å². The van der Waals surface area contributed by atoms with Crippen molar-refractivity contribution in [3.8, 4) is 0 Å². The van der Waals surface area contributed by atoms with Gasteiger partial charge in [-0.25, -0.2) is 4.79 Å². The molecule has 1 saturated heterocycles. The number of nitrogens with one attached hydrogen (secondary N) is 1. The zero-order valence-corrected chi connectivity index (χ0v) is 18.1. The third-order valence-electron chi connectivity index (χ3n) is 6.66. The van der Waals surface area contributed by atoms with Crippen molar-refractivity contribution >= 4 is 34.1 Å². The SMILES string of the molecule is Cc1sc(NC(=O)C2CC2)c(C(=O)OCC(=O)N2CCC[C@@H]3CCCC[C@H]32)c1C. The van der Waals surface area contributed by atoms with E-state index in [0.717, 1.165) is 42.7 Å². The monoisotopic (exact) mass is 418 g/mol. The molecule has 3 fully saturated rings. The Kier molecular flexibility index (Phi) is 5.95. The molecule has 29 heavy (non-hydrogen) atoms. The van der Waals surface area contributed by atoms with Gasteiger partial charge in [0, 0.05) is 23.4 Å². The van der Waals surface area contributed by atoms with Crippen molar-refractivity contribution in [2.45, 2.75) is 71.3 Å². The Hall–Kier alpha value is -1.89. The van der Waals surface area contributed by atoms with Gasteiger partial charge in [-0.1, -0.05) is 12.8 Å². The molecule has 1 aromatic heterocycles. The Balaban J connectivity index is 1.40. The van der Waals surface area contributed by atoms with Gasteiger partial charge < -0.3 is 15.0 Å². The van der Waals surface area contributed by atoms with Gasteiger partial charge in [0.25, 0.3) is 5.91 Å². The molecule has 0 unspecified atom stereocenters. The highest BCUT2D eigenvalue weighted by molar-refractivity contribution is 7.16. The second kappa shape index (κ2) is 8.46. The zero-order chi connectivity index (χ0) is 20.5. The third-order valence-corrected chi connectivity index (χ3v) is 7.79. The molecular formula is C22H30N2O4S. The van der Waals surface area contributed by atoms with Crippen LogP contribution >= 0.6 is 11.3 Å². The largest absolute Gasteiger partial charge is 0.452 e. The number of amides is 2. The Morgan fingerprint density at radius 2 is 1.79 bits per heavy atom. The molecule has 2 heterocycles. The van der Waals surface area contributed by atoms with Crippen molar-refractivity contribution in [1.29, 1.82) is 0 Å². The quantitative estimate of drug-likeness (QED) is 0.732. The van der Waals surface area contributed by atoms with E-state index in [4.69, 9.17) is 4.74 Å². The molecule has 2 saturated carbocycles. The van der Waals surface area contributed by atoms with Crippen LogP contribution in [0.2, 0.25) is 0 Å². The van der Waals surface area contributed by atoms with Crippen molar-refractivity contribution in [3.05, 3.63) is 16.0 Å². The normalized spacial score (nSPS) is 24.0. The lowest BCUT2D eigenvalue weighted by molar-refractivity contribution is -0.140. The number of hydrogen-bond donors (Lipinski definition) is 1. The van der Waals surface area contributed by atoms with E-state index in [-0.39, 0.29) is 24.3 Å². The van der Waals surface area contributed by atoms with Gasteiger partial charge in [-0.15, -0.1) is 11.3 Å². The van der Waals surface area contributed by atoms with Gasteiger partial charge in [-0.3, -0.25) is 9.59 Å². The summed E-state index contributed by atoms with van der Waals surface area (Å²) in [5, 5.41) is 3.43. The number of fused-ring (bicyclic) bond motifs is 1. The van der Waals surface area contributed by atoms with Crippen LogP contribution in [0.3, 0.4) is 0 Å². The van der Waals surface area contributed by atoms with Gasteiger partial charge in [0.1, 0.15) is 5.00 Å². The highest BCUT2D eigenvalue weighted by atomic mass is 32.1. The molecule has 2 atom stereocenters. The first-order valence-electron chi connectivity index (χ1n) is 10.8. The van der Waals surface area contributed by atoms with Gasteiger partial charge >= 0.3 is 5.97 Å². The lowest BCUT2D eigenvalue weighted by atomic mass is 9.78. The molecule has 1 aliphatic heterocycles. The Morgan fingerprint density at radius 1 is 1.07 bits per heavy atom. The summed E-state index contributed by atoms with van der Waals surface area (Å²) in [5.41, 5.74) is 1.20. The van der Waals surface area contributed by atoms with Gasteiger partial charge in [0.05, 0.1) is 5.56 Å². The Bertz CT molecular complexity index is 812. The van der Waals surface area contributed by atoms with E-state index in [1.807, 2.05) is 18.7 Å². The third kappa shape index (κ3) is 4.34. The number of ether oxygens (including phenoxy) is 1. The van der Waals surface area contributed by atoms with Gasteiger partial charge in [0.15, 0.2) is 6.61 Å². The van der Waals surface area contributed by atoms with E-state index in [2.05, 4.69) is 5.32 Å². The number of thiophene rings is 1. The van der Waals surface area contributed by atoms with Crippen molar-refractivity contribution in [2.75, 3.05) is 18.5 Å². The molecule has 0 bridgehead atoms. The molecule has 7 heteroatoms. The van der Waals surface area contributed by atoms with Crippen LogP contribution in [0.25, 0.3) is 0 Å². The second-order valence-electron chi connectivity index (χ2n) is 8.67. The summed E-state index contributed by atoms with van der Waals surface area (Å²) in [6.07, 6.45) is 8.72. The number of aryl methyl sites for hydroxylation is 1. The maximum atomic E-state index is 12.8. The van der Waals surface area contributed by atoms with Gasteiger partial charge in [-0.2, -0.15) is 0 Å². The molecular weight excluding hydrogens is 388 g/mol. The molecule has 0 aromatic carbocycles. The van der Waals surface area contributed by atoms with Gasteiger partial charge in [0.2, 0.25) is 5.91 Å². The van der Waals surface area contributed by atoms with Crippen LogP contribution in [-0.4, -0.2) is 41.9 Å². The fourth-order valence-electron chi connectivity index (χ4n) is 4.74. The maximum absolute atomic E-state index is 12.8. The van der Waals surface area contributed by atoms with Crippen LogP contribution in [0.5, 0.6) is 0 Å². The molecule has 0 spiro atoms. The number of carbonyl (C=O) groups is 3. The summed E-state index contributed by atoms with van der Waals surface area (Å²) in [5.74, 6) is 0.00788. The number of likely N-dealkylation sites (tertiary alicyclic amines) is 1. The lowest BCUT2D eigenvalue weighted by Gasteiger charge is -2.44. The number of hydrogen-bond acceptors (Lipinski definition) is 5. The summed E-state index contributed by atoms with van der Waals surface area (Å²) in [4.78, 5) is 40.7. The average molecular weight is 419 g/mol. The number of esters is 1. The fourth-order valence-corrected chi connectivity index (χ4v) is 5.79. The fraction of sp³-hybridized carbons (Fsp3) is 0.682. The van der Waals surface area contributed by atoms with E-state index in [0.29, 0.717) is 22.5 Å². The van der Waals surface area contributed by atoms with E-state index < -0.39 is 5.97 Å². The first-order chi connectivity index (χ1) is 14.0. The highest BCUT2D eigenvalue weighted by Crippen LogP contribution is 2.37. The number of nitrogens with zero attached hydrogens (tertiary/aromatic N) is 1. The van der Waals surface area contributed by atoms with Crippen molar-refractivity contribution < 1.29 is 19.1 Å². The molecule has 3 aliphatic rings. The summed E-state index contributed by atoms with van der Waals surface area (Å²) >= 11 is 1.39. The summed E-state index contributed by atoms with van der Waals surface area (Å²) in [6, 6.07) is 0.308. The summed E-state index contributed by atoms with van der Waals surface area (Å²) in [6.45, 7) is 4.31. The predicted octanol–water partition coefficient (Wildman–Crippen LogP) is 4.05. The Labute approximate surface area is 176 Å². The molecule has 1 N–H and O–H groups in total. The number of rotatable bonds is 5. The highest BCUT2D eigenvalue weighted by Gasteiger charge is 2.36. The van der Waals surface area contributed by atoms with E-state index in [1.165, 1.54) is 37.0 Å². The standard InChI is InChI=1S/C22H30N2O4S/c1-13-14(2)29-21(23-20(26)16-9-10-16)19(13)22(27)28-12-18(25)24-11-5-7-15-6-3-4-8-17(15)24/h15-17H,3-12H2,1-2H3,(H,23,26)/t15-,17+/m0/s1. The first kappa shape index (κ1) is 20.4. The smallest absolute Gasteiger partial charge is 0.341 e. The molecule has 2 aliphatic carbocycles. The minimum Gasteiger partial charge on any atom is -0.452 e. The summed E-state index contributed by atoms with van der Waals surface area (Å²) in [7, 11) is 0. The number of anilines is 1. The van der Waals surface area contributed by atoms with Crippen LogP contribution in [0.1, 0.15) is 72.2 Å². The molecule has 6 nitrogen and oxygen atoms in total. The lowest BCUT2D eigenvalue weighted by Crippen LogP contribution is -2.50. The second-order valence-corrected chi connectivity index (χ2v) is 9.89. The van der Waals surface area contributed by atoms with E-state index in [9.17, 15) is 14.4 Å². The Morgan fingerprint density at radius 3 is 2.55 bits per heavy atom. The van der Waals surface area contributed by atoms with Crippen LogP contribution < -0.4 is 5.32 Å². The molecule has 2 amide bonds. The van der Waals surface area contributed by atoms with Crippen molar-refractivity contribution in [1.82, 2.24) is 4.90 Å². The molecule has 1 aromatic rings. The van der Waals surface area contributed by atoms with Crippen LogP contribution in [0.4, 0.5) is 5.00 Å². The van der Waals surface area contributed by atoms with Gasteiger partial charge in [-0.05, 0) is 63.9 Å². The zero-order valence-electron chi connectivity index (χ0n) is 17.3. The van der Waals surface area contributed by atoms with Crippen LogP contribution in [0.15, 0.2) is 0 Å². The van der Waals surface area contributed by atoms with Crippen LogP contribution in [-0.2, 0) is 14.3 Å². The van der Waals surface area contributed by atoms with E-state index >= 15 is 0 Å². The molecule has 0 radical (unpaired) electrons. The predicted molar refractivity (Wildman–Crippen MR) is 112 cm³/mol. The minimum atomic E-state index is -0.525. The molecule has 158 valence electrons. The average Bonchev–Trinajstić information content (AvgIpc) is 3.53. The topological polar surface area (TPSA) is 75.7 Å². The minimum absolute atomic E-state index is 0.0342. The maximum Gasteiger partial charge on any atom is 0.341 e. The number of piperidine rings is 1. The van der Waals surface area contributed by atoms with Crippen molar-refractivity contribution in [3.63, 3.8) is 0 Å². The van der Waals surface area contributed by atoms with Crippen molar-refractivity contribution in [2.24, 2.45) is 11.8 Å². The summed E-state index contributed by atoms with van der Waals surface area (Å²) < 4.78 is 5.44. The first-order valence-corrected chi connectivity index (χ1v) is 11.6. The number of carbonyl (C=O) groups excluding carboxylic acids is 3. The molecule has 4 rings (SSSR count). The van der Waals surface area contributed by atoms with Crippen LogP contribution in [0, 0.1) is 25.7 Å².